The molecular weight excluding hydrogens is 548 g/mol. The van der Waals surface area contributed by atoms with E-state index < -0.39 is 92.0 Å². The molecule has 41 heavy (non-hydrogen) atoms. The number of nitrogens with two attached hydrogens (primary N) is 4. The van der Waals surface area contributed by atoms with Crippen molar-refractivity contribution in [3.63, 3.8) is 0 Å². The van der Waals surface area contributed by atoms with Crippen molar-refractivity contribution in [1.82, 2.24) is 10.6 Å². The lowest BCUT2D eigenvalue weighted by Crippen LogP contribution is -2.69. The van der Waals surface area contributed by atoms with E-state index in [1.54, 1.807) is 0 Å². The molecule has 7 unspecified atom stereocenters. The first-order chi connectivity index (χ1) is 19.5. The second-order valence-electron chi connectivity index (χ2n) is 10.9. The normalized spacial score (nSPS) is 42.5. The second-order valence-corrected chi connectivity index (χ2v) is 10.9. The van der Waals surface area contributed by atoms with Crippen molar-refractivity contribution >= 4 is 5.91 Å². The number of aliphatic hydroxyl groups is 6. The summed E-state index contributed by atoms with van der Waals surface area (Å²) in [4.78, 5) is 12.6. The lowest BCUT2D eigenvalue weighted by Gasteiger charge is -2.48. The van der Waals surface area contributed by atoms with Crippen LogP contribution in [-0.2, 0) is 23.7 Å². The first kappa shape index (κ1) is 34.4. The first-order valence-electron chi connectivity index (χ1n) is 14.1. The van der Waals surface area contributed by atoms with Gasteiger partial charge in [-0.3, -0.25) is 4.79 Å². The highest BCUT2D eigenvalue weighted by atomic mass is 16.7. The third-order valence-corrected chi connectivity index (χ3v) is 7.77. The molecule has 0 aromatic rings. The van der Waals surface area contributed by atoms with Crippen molar-refractivity contribution in [1.29, 1.82) is 0 Å². The van der Waals surface area contributed by atoms with Crippen LogP contribution in [0.25, 0.3) is 0 Å². The molecule has 14 atom stereocenters. The Kier molecular flexibility index (Phi) is 13.5. The summed E-state index contributed by atoms with van der Waals surface area (Å²) in [6.07, 6.45) is -11.0. The maximum Gasteiger partial charge on any atom is 0.249 e. The van der Waals surface area contributed by atoms with E-state index in [2.05, 4.69) is 10.6 Å². The predicted molar refractivity (Wildman–Crippen MR) is 142 cm³/mol. The highest BCUT2D eigenvalue weighted by Crippen LogP contribution is 2.31. The van der Waals surface area contributed by atoms with Gasteiger partial charge in [-0.25, -0.2) is 0 Å². The largest absolute Gasteiger partial charge is 0.395 e. The molecule has 0 radical (unpaired) electrons. The van der Waals surface area contributed by atoms with Crippen LogP contribution in [0.3, 0.4) is 0 Å². The summed E-state index contributed by atoms with van der Waals surface area (Å²) in [6, 6.07) is -3.61. The van der Waals surface area contributed by atoms with Crippen LogP contribution in [0.15, 0.2) is 0 Å². The van der Waals surface area contributed by atoms with Gasteiger partial charge in [-0.2, -0.15) is 0 Å². The molecule has 3 fully saturated rings. The summed E-state index contributed by atoms with van der Waals surface area (Å²) in [5, 5.41) is 66.7. The molecule has 1 saturated carbocycles. The van der Waals surface area contributed by atoms with Crippen LogP contribution in [0.4, 0.5) is 0 Å². The number of aliphatic hydroxyl groups excluding tert-OH is 6. The fraction of sp³-hybridized carbons (Fsp3) is 0.958. The lowest BCUT2D eigenvalue weighted by molar-refractivity contribution is -0.314. The van der Waals surface area contributed by atoms with E-state index in [1.165, 1.54) is 0 Å². The average molecular weight is 597 g/mol. The highest BCUT2D eigenvalue weighted by Gasteiger charge is 2.51. The average Bonchev–Trinajstić information content (AvgIpc) is 2.94. The molecule has 2 heterocycles. The van der Waals surface area contributed by atoms with Crippen molar-refractivity contribution in [3.8, 4) is 0 Å². The lowest BCUT2D eigenvalue weighted by atomic mass is 9.83. The molecule has 17 nitrogen and oxygen atoms in total. The number of carbonyl (C=O) groups is 1. The topological polar surface area (TPSA) is 304 Å². The Morgan fingerprint density at radius 3 is 2.32 bits per heavy atom. The summed E-state index contributed by atoms with van der Waals surface area (Å²) in [5.74, 6) is -0.769. The van der Waals surface area contributed by atoms with Crippen molar-refractivity contribution in [2.75, 3.05) is 32.8 Å². The minimum Gasteiger partial charge on any atom is -0.395 e. The van der Waals surface area contributed by atoms with Gasteiger partial charge >= 0.3 is 0 Å². The Hall–Kier alpha value is -1.13. The van der Waals surface area contributed by atoms with Crippen LogP contribution in [0.1, 0.15) is 25.7 Å². The quantitative estimate of drug-likeness (QED) is 0.0879. The monoisotopic (exact) mass is 596 g/mol. The number of ether oxygens (including phenoxy) is 4. The van der Waals surface area contributed by atoms with Gasteiger partial charge in [0, 0.05) is 19.1 Å². The number of hydrogen-bond acceptors (Lipinski definition) is 16. The maximum absolute atomic E-state index is 12.6. The van der Waals surface area contributed by atoms with Gasteiger partial charge in [0.15, 0.2) is 12.6 Å². The van der Waals surface area contributed by atoms with Gasteiger partial charge in [0.25, 0.3) is 0 Å². The minimum atomic E-state index is -1.56. The predicted octanol–water partition coefficient (Wildman–Crippen LogP) is -6.78. The molecule has 16 N–H and O–H groups in total. The van der Waals surface area contributed by atoms with Crippen molar-refractivity contribution < 1.29 is 54.4 Å². The number of amides is 1. The third-order valence-electron chi connectivity index (χ3n) is 7.77. The zero-order valence-electron chi connectivity index (χ0n) is 23.0. The molecule has 240 valence electrons. The number of hydrogen-bond donors (Lipinski definition) is 12. The molecule has 0 aromatic heterocycles. The molecule has 1 aliphatic carbocycles. The van der Waals surface area contributed by atoms with Crippen LogP contribution in [-0.4, -0.2) is 155 Å². The summed E-state index contributed by atoms with van der Waals surface area (Å²) < 4.78 is 23.6. The van der Waals surface area contributed by atoms with E-state index in [-0.39, 0.29) is 32.1 Å². The maximum atomic E-state index is 12.6. The zero-order chi connectivity index (χ0) is 30.3. The molecule has 2 aliphatic heterocycles. The Morgan fingerprint density at radius 2 is 1.66 bits per heavy atom. The van der Waals surface area contributed by atoms with Crippen LogP contribution in [0, 0.1) is 0 Å². The molecule has 3 aliphatic rings. The Labute approximate surface area is 238 Å². The number of carbonyl (C=O) groups excluding carboxylic acids is 1. The Balaban J connectivity index is 1.79. The van der Waals surface area contributed by atoms with E-state index in [9.17, 15) is 30.3 Å². The molecule has 2 saturated heterocycles. The van der Waals surface area contributed by atoms with Crippen LogP contribution in [0.2, 0.25) is 0 Å². The molecular formula is C24H48N6O11. The first-order valence-corrected chi connectivity index (χ1v) is 14.1. The summed E-state index contributed by atoms with van der Waals surface area (Å²) in [6.45, 7) is 0.247. The van der Waals surface area contributed by atoms with Crippen LogP contribution < -0.4 is 33.6 Å². The fourth-order valence-corrected chi connectivity index (χ4v) is 5.34. The Morgan fingerprint density at radius 1 is 0.951 bits per heavy atom. The van der Waals surface area contributed by atoms with Crippen molar-refractivity contribution in [2.45, 2.75) is 111 Å². The SMILES string of the molecule is NCC[C@H](O)C(=O)N[C@@H]1C[C@H](N)C(O[C@H]2O[C@H](CNCCO)CCC2N)C(O)C1O[C@H]1OC(CO)C(O)[C@H](N)C1O. The molecule has 17 heteroatoms. The van der Waals surface area contributed by atoms with E-state index in [1.807, 2.05) is 0 Å². The van der Waals surface area contributed by atoms with Gasteiger partial charge in [0.2, 0.25) is 5.91 Å². The van der Waals surface area contributed by atoms with Crippen LogP contribution >= 0.6 is 0 Å². The van der Waals surface area contributed by atoms with E-state index in [4.69, 9.17) is 47.0 Å². The van der Waals surface area contributed by atoms with Gasteiger partial charge < -0.3 is 83.2 Å². The van der Waals surface area contributed by atoms with Crippen molar-refractivity contribution in [3.05, 3.63) is 0 Å². The smallest absolute Gasteiger partial charge is 0.249 e. The van der Waals surface area contributed by atoms with Gasteiger partial charge in [-0.1, -0.05) is 0 Å². The second kappa shape index (κ2) is 16.1. The molecule has 0 aromatic carbocycles. The molecule has 1 amide bonds. The number of rotatable bonds is 13. The van der Waals surface area contributed by atoms with E-state index in [0.717, 1.165) is 0 Å². The molecule has 3 rings (SSSR count). The van der Waals surface area contributed by atoms with Gasteiger partial charge in [0.05, 0.1) is 37.4 Å². The zero-order valence-corrected chi connectivity index (χ0v) is 23.0. The van der Waals surface area contributed by atoms with Crippen LogP contribution in [0.5, 0.6) is 0 Å². The fourth-order valence-electron chi connectivity index (χ4n) is 5.34. The Bertz CT molecular complexity index is 803. The van der Waals surface area contributed by atoms with Gasteiger partial charge in [0.1, 0.15) is 42.7 Å². The molecule has 0 bridgehead atoms. The van der Waals surface area contributed by atoms with Gasteiger partial charge in [-0.05, 0) is 32.2 Å². The van der Waals surface area contributed by atoms with Gasteiger partial charge in [-0.15, -0.1) is 0 Å². The van der Waals surface area contributed by atoms with E-state index >= 15 is 0 Å². The molecule has 0 spiro atoms. The standard InChI is InChI=1S/C24H48N6O11/c25-4-3-14(33)22(37)30-13-7-12(27)20(40-23-11(26)2-1-10(38-23)8-29-5-6-31)19(36)21(13)41-24-18(35)16(28)17(34)15(9-32)39-24/h10-21,23-24,29,31-36H,1-9,25-28H2,(H,30,37)/t10-,11?,12-,13+,14-,15?,16-,17?,18?,19?,20?,21?,23+,24+/m0/s1. The minimum absolute atomic E-state index is 0.00890. The van der Waals surface area contributed by atoms with E-state index in [0.29, 0.717) is 25.9 Å². The van der Waals surface area contributed by atoms with Crippen molar-refractivity contribution in [2.24, 2.45) is 22.9 Å². The summed E-state index contributed by atoms with van der Waals surface area (Å²) in [7, 11) is 0. The highest BCUT2D eigenvalue weighted by molar-refractivity contribution is 5.80. The summed E-state index contributed by atoms with van der Waals surface area (Å²) >= 11 is 0. The number of nitrogens with one attached hydrogen (secondary N) is 2. The third kappa shape index (κ3) is 8.71. The summed E-state index contributed by atoms with van der Waals surface area (Å²) in [5.41, 5.74) is 24.0.